The van der Waals surface area contributed by atoms with Crippen LogP contribution in [0.1, 0.15) is 25.7 Å². The monoisotopic (exact) mass is 318 g/mol. The lowest BCUT2D eigenvalue weighted by Crippen LogP contribution is -2.37. The molecule has 0 aromatic heterocycles. The van der Waals surface area contributed by atoms with Crippen molar-refractivity contribution in [3.8, 4) is 0 Å². The zero-order chi connectivity index (χ0) is 16.7. The SMILES string of the molecule is O=C(ON1C(=O)CCC1=O)ON1C(=O)CCC1=O.OCCO. The molecule has 0 aromatic carbocycles. The van der Waals surface area contributed by atoms with E-state index in [9.17, 15) is 24.0 Å². The van der Waals surface area contributed by atoms with Crippen molar-refractivity contribution >= 4 is 29.8 Å². The minimum Gasteiger partial charge on any atom is -0.394 e. The largest absolute Gasteiger partial charge is 0.560 e. The van der Waals surface area contributed by atoms with Crippen LogP contribution in [0.5, 0.6) is 0 Å². The van der Waals surface area contributed by atoms with Gasteiger partial charge in [0, 0.05) is 25.7 Å². The second-order valence-corrected chi connectivity index (χ2v) is 4.04. The highest BCUT2D eigenvalue weighted by Gasteiger charge is 2.37. The van der Waals surface area contributed by atoms with Gasteiger partial charge in [-0.1, -0.05) is 10.1 Å². The maximum atomic E-state index is 11.2. The van der Waals surface area contributed by atoms with Crippen LogP contribution in [-0.4, -0.2) is 63.3 Å². The van der Waals surface area contributed by atoms with E-state index in [4.69, 9.17) is 10.2 Å². The van der Waals surface area contributed by atoms with Gasteiger partial charge in [0.15, 0.2) is 0 Å². The van der Waals surface area contributed by atoms with Crippen LogP contribution in [0.2, 0.25) is 0 Å². The number of hydrogen-bond acceptors (Lipinski definition) is 9. The second kappa shape index (κ2) is 8.05. The molecular weight excluding hydrogens is 304 g/mol. The summed E-state index contributed by atoms with van der Waals surface area (Å²) < 4.78 is 0. The van der Waals surface area contributed by atoms with Gasteiger partial charge in [0.1, 0.15) is 0 Å². The van der Waals surface area contributed by atoms with Gasteiger partial charge in [0.2, 0.25) is 0 Å². The molecule has 2 saturated heterocycles. The first-order valence-corrected chi connectivity index (χ1v) is 6.24. The summed E-state index contributed by atoms with van der Waals surface area (Å²) in [5.74, 6) is -2.74. The lowest BCUT2D eigenvalue weighted by molar-refractivity contribution is -0.198. The van der Waals surface area contributed by atoms with E-state index in [1.54, 1.807) is 0 Å². The van der Waals surface area contributed by atoms with Crippen molar-refractivity contribution in [1.82, 2.24) is 10.1 Å². The summed E-state index contributed by atoms with van der Waals surface area (Å²) in [7, 11) is 0. The molecule has 0 atom stereocenters. The van der Waals surface area contributed by atoms with Crippen LogP contribution < -0.4 is 0 Å². The summed E-state index contributed by atoms with van der Waals surface area (Å²) in [6, 6.07) is 0. The van der Waals surface area contributed by atoms with Gasteiger partial charge in [-0.05, 0) is 0 Å². The first-order chi connectivity index (χ1) is 10.4. The standard InChI is InChI=1S/C9H8N2O7.C2H6O2/c12-5-1-2-6(13)10(5)17-9(16)18-11-7(14)3-4-8(11)15;3-1-2-4/h1-4H2;3-4H,1-2H2. The fourth-order valence-corrected chi connectivity index (χ4v) is 1.48. The van der Waals surface area contributed by atoms with E-state index in [0.29, 0.717) is 0 Å². The molecule has 0 aliphatic carbocycles. The number of imide groups is 2. The molecule has 0 saturated carbocycles. The molecule has 0 bridgehead atoms. The molecular formula is C11H14N2O9. The summed E-state index contributed by atoms with van der Waals surface area (Å²) in [4.78, 5) is 64.3. The van der Waals surface area contributed by atoms with Crippen molar-refractivity contribution in [3.05, 3.63) is 0 Å². The van der Waals surface area contributed by atoms with E-state index in [-0.39, 0.29) is 49.0 Å². The number of amides is 4. The van der Waals surface area contributed by atoms with Crippen molar-refractivity contribution in [3.63, 3.8) is 0 Å². The summed E-state index contributed by atoms with van der Waals surface area (Å²) >= 11 is 0. The first-order valence-electron chi connectivity index (χ1n) is 6.24. The average molecular weight is 318 g/mol. The fraction of sp³-hybridized carbons (Fsp3) is 0.545. The summed E-state index contributed by atoms with van der Waals surface area (Å²) in [5.41, 5.74) is 0. The molecule has 11 nitrogen and oxygen atoms in total. The number of hydrogen-bond donors (Lipinski definition) is 2. The molecule has 2 aliphatic rings. The van der Waals surface area contributed by atoms with E-state index < -0.39 is 29.8 Å². The number of aliphatic hydroxyl groups is 2. The van der Waals surface area contributed by atoms with Crippen LogP contribution in [0, 0.1) is 0 Å². The zero-order valence-corrected chi connectivity index (χ0v) is 11.4. The molecule has 11 heteroatoms. The number of rotatable bonds is 3. The van der Waals surface area contributed by atoms with Gasteiger partial charge in [-0.2, -0.15) is 4.79 Å². The highest BCUT2D eigenvalue weighted by molar-refractivity contribution is 6.02. The lowest BCUT2D eigenvalue weighted by Gasteiger charge is -2.15. The highest BCUT2D eigenvalue weighted by atomic mass is 16.9. The topological polar surface area (TPSA) is 151 Å². The molecule has 4 amide bonds. The third-order valence-electron chi connectivity index (χ3n) is 2.44. The van der Waals surface area contributed by atoms with Gasteiger partial charge < -0.3 is 10.2 Å². The maximum absolute atomic E-state index is 11.2. The predicted octanol–water partition coefficient (Wildman–Crippen LogP) is -1.76. The quantitative estimate of drug-likeness (QED) is 0.576. The molecule has 2 fully saturated rings. The Morgan fingerprint density at radius 1 is 0.773 bits per heavy atom. The van der Waals surface area contributed by atoms with E-state index in [1.165, 1.54) is 0 Å². The Morgan fingerprint density at radius 2 is 1.05 bits per heavy atom. The van der Waals surface area contributed by atoms with Gasteiger partial charge in [-0.15, -0.1) is 0 Å². The first kappa shape index (κ1) is 17.5. The van der Waals surface area contributed by atoms with Crippen molar-refractivity contribution < 1.29 is 43.9 Å². The van der Waals surface area contributed by atoms with Gasteiger partial charge in [-0.3, -0.25) is 28.9 Å². The number of nitrogens with zero attached hydrogens (tertiary/aromatic N) is 2. The zero-order valence-electron chi connectivity index (χ0n) is 11.4. The Labute approximate surface area is 123 Å². The Morgan fingerprint density at radius 3 is 1.27 bits per heavy atom. The van der Waals surface area contributed by atoms with Crippen molar-refractivity contribution in [2.75, 3.05) is 13.2 Å². The molecule has 0 unspecified atom stereocenters. The maximum Gasteiger partial charge on any atom is 0.560 e. The predicted molar refractivity (Wildman–Crippen MR) is 63.9 cm³/mol. The normalized spacial score (nSPS) is 17.5. The molecule has 0 radical (unpaired) electrons. The van der Waals surface area contributed by atoms with Gasteiger partial charge >= 0.3 is 6.16 Å². The van der Waals surface area contributed by atoms with Crippen LogP contribution in [0.25, 0.3) is 0 Å². The van der Waals surface area contributed by atoms with Crippen LogP contribution in [0.3, 0.4) is 0 Å². The van der Waals surface area contributed by atoms with Gasteiger partial charge in [0.25, 0.3) is 23.6 Å². The Kier molecular flexibility index (Phi) is 6.41. The Bertz CT molecular complexity index is 416. The number of aliphatic hydroxyl groups excluding tert-OH is 2. The van der Waals surface area contributed by atoms with E-state index in [0.717, 1.165) is 0 Å². The summed E-state index contributed by atoms with van der Waals surface area (Å²) in [5, 5.41) is 15.8. The van der Waals surface area contributed by atoms with E-state index in [2.05, 4.69) is 9.68 Å². The van der Waals surface area contributed by atoms with Crippen LogP contribution >= 0.6 is 0 Å². The summed E-state index contributed by atoms with van der Waals surface area (Å²) in [6.07, 6.45) is -1.73. The van der Waals surface area contributed by atoms with Crippen molar-refractivity contribution in [2.45, 2.75) is 25.7 Å². The van der Waals surface area contributed by atoms with Crippen LogP contribution in [0.4, 0.5) is 4.79 Å². The van der Waals surface area contributed by atoms with E-state index in [1.807, 2.05) is 0 Å². The molecule has 2 rings (SSSR count). The smallest absolute Gasteiger partial charge is 0.394 e. The van der Waals surface area contributed by atoms with Gasteiger partial charge in [0.05, 0.1) is 13.2 Å². The average Bonchev–Trinajstić information content (AvgIpc) is 2.97. The van der Waals surface area contributed by atoms with Crippen LogP contribution in [0.15, 0.2) is 0 Å². The second-order valence-electron chi connectivity index (χ2n) is 4.04. The number of carbonyl (C=O) groups excluding carboxylic acids is 5. The number of carbonyl (C=O) groups is 5. The molecule has 122 valence electrons. The molecule has 2 aliphatic heterocycles. The number of hydroxylamine groups is 4. The highest BCUT2D eigenvalue weighted by Crippen LogP contribution is 2.15. The lowest BCUT2D eigenvalue weighted by atomic mass is 10.4. The Hall–Kier alpha value is -2.53. The van der Waals surface area contributed by atoms with Crippen LogP contribution in [-0.2, 0) is 28.9 Å². The van der Waals surface area contributed by atoms with E-state index >= 15 is 0 Å². The van der Waals surface area contributed by atoms with Gasteiger partial charge in [-0.25, -0.2) is 0 Å². The molecule has 2 N–H and O–H groups in total. The third kappa shape index (κ3) is 4.49. The molecule has 0 spiro atoms. The summed E-state index contributed by atoms with van der Waals surface area (Å²) in [6.45, 7) is -0.250. The molecule has 22 heavy (non-hydrogen) atoms. The Balaban J connectivity index is 0.000000541. The van der Waals surface area contributed by atoms with Crippen molar-refractivity contribution in [2.24, 2.45) is 0 Å². The van der Waals surface area contributed by atoms with Crippen molar-refractivity contribution in [1.29, 1.82) is 0 Å². The fourth-order valence-electron chi connectivity index (χ4n) is 1.48. The minimum absolute atomic E-state index is 0.0618. The molecule has 0 aromatic rings. The molecule has 2 heterocycles. The minimum atomic E-state index is -1.48. The third-order valence-corrected chi connectivity index (χ3v) is 2.44.